The van der Waals surface area contributed by atoms with Crippen LogP contribution in [0.5, 0.6) is 0 Å². The molecule has 0 fully saturated rings. The van der Waals surface area contributed by atoms with Crippen molar-refractivity contribution in [2.24, 2.45) is 5.92 Å². The number of carbonyl (C=O) groups is 1. The molecule has 0 heterocycles. The first-order valence-corrected chi connectivity index (χ1v) is 6.00. The van der Waals surface area contributed by atoms with Gasteiger partial charge in [0.05, 0.1) is 12.8 Å². The summed E-state index contributed by atoms with van der Waals surface area (Å²) in [6.07, 6.45) is 0.563. The van der Waals surface area contributed by atoms with E-state index >= 15 is 0 Å². The Hall–Kier alpha value is -1.58. The van der Waals surface area contributed by atoms with E-state index in [1.807, 2.05) is 13.8 Å². The molecule has 0 saturated heterocycles. The molecule has 0 saturated carbocycles. The van der Waals surface area contributed by atoms with Gasteiger partial charge in [-0.15, -0.1) is 0 Å². The standard InChI is InChI=1S/C14H20FNO2/c1-10(2)9-14(3,13(17)18-4)16-12-8-6-5-7-11(12)15/h5-8,10,16H,9H2,1-4H3. The van der Waals surface area contributed by atoms with Crippen LogP contribution in [0.2, 0.25) is 0 Å². The second-order valence-corrected chi connectivity index (χ2v) is 5.03. The Balaban J connectivity index is 2.99. The van der Waals surface area contributed by atoms with Crippen molar-refractivity contribution in [2.75, 3.05) is 12.4 Å². The van der Waals surface area contributed by atoms with Gasteiger partial charge in [0, 0.05) is 0 Å². The van der Waals surface area contributed by atoms with Crippen molar-refractivity contribution in [1.29, 1.82) is 0 Å². The van der Waals surface area contributed by atoms with Gasteiger partial charge >= 0.3 is 5.97 Å². The van der Waals surface area contributed by atoms with Crippen LogP contribution in [0.25, 0.3) is 0 Å². The van der Waals surface area contributed by atoms with Gasteiger partial charge in [0.15, 0.2) is 0 Å². The van der Waals surface area contributed by atoms with Crippen molar-refractivity contribution in [3.05, 3.63) is 30.1 Å². The Morgan fingerprint density at radius 1 is 1.44 bits per heavy atom. The highest BCUT2D eigenvalue weighted by molar-refractivity contribution is 5.84. The molecule has 0 radical (unpaired) electrons. The second-order valence-electron chi connectivity index (χ2n) is 5.03. The molecule has 0 aromatic heterocycles. The van der Waals surface area contributed by atoms with Crippen LogP contribution in [-0.4, -0.2) is 18.6 Å². The highest BCUT2D eigenvalue weighted by Crippen LogP contribution is 2.25. The van der Waals surface area contributed by atoms with Crippen LogP contribution in [0, 0.1) is 11.7 Å². The Morgan fingerprint density at radius 2 is 2.06 bits per heavy atom. The Morgan fingerprint density at radius 3 is 2.56 bits per heavy atom. The third-order valence-corrected chi connectivity index (χ3v) is 2.74. The molecule has 0 bridgehead atoms. The molecule has 1 rings (SSSR count). The molecule has 100 valence electrons. The summed E-state index contributed by atoms with van der Waals surface area (Å²) in [5.74, 6) is -0.482. The van der Waals surface area contributed by atoms with Crippen molar-refractivity contribution >= 4 is 11.7 Å². The minimum atomic E-state index is -0.925. The zero-order valence-electron chi connectivity index (χ0n) is 11.3. The van der Waals surface area contributed by atoms with Crippen molar-refractivity contribution in [3.8, 4) is 0 Å². The fraction of sp³-hybridized carbons (Fsp3) is 0.500. The first-order chi connectivity index (χ1) is 8.39. The lowest BCUT2D eigenvalue weighted by atomic mass is 9.90. The third-order valence-electron chi connectivity index (χ3n) is 2.74. The summed E-state index contributed by atoms with van der Waals surface area (Å²) in [4.78, 5) is 11.9. The van der Waals surface area contributed by atoms with Crippen LogP contribution in [0.1, 0.15) is 27.2 Å². The summed E-state index contributed by atoms with van der Waals surface area (Å²) in [6.45, 7) is 5.74. The van der Waals surface area contributed by atoms with E-state index in [1.54, 1.807) is 25.1 Å². The summed E-state index contributed by atoms with van der Waals surface area (Å²) in [7, 11) is 1.34. The molecule has 0 spiro atoms. The fourth-order valence-electron chi connectivity index (χ4n) is 2.09. The van der Waals surface area contributed by atoms with Gasteiger partial charge in [0.25, 0.3) is 0 Å². The second kappa shape index (κ2) is 5.85. The molecule has 0 aliphatic rings. The summed E-state index contributed by atoms with van der Waals surface area (Å²) in [6, 6.07) is 6.29. The summed E-state index contributed by atoms with van der Waals surface area (Å²) in [5.41, 5.74) is -0.614. The van der Waals surface area contributed by atoms with Gasteiger partial charge < -0.3 is 10.1 Å². The van der Waals surface area contributed by atoms with Gasteiger partial charge in [-0.1, -0.05) is 26.0 Å². The molecular formula is C14H20FNO2. The van der Waals surface area contributed by atoms with E-state index in [0.29, 0.717) is 12.1 Å². The Kier molecular flexibility index (Phi) is 4.70. The van der Waals surface area contributed by atoms with Crippen LogP contribution >= 0.6 is 0 Å². The zero-order chi connectivity index (χ0) is 13.8. The van der Waals surface area contributed by atoms with Crippen molar-refractivity contribution < 1.29 is 13.9 Å². The first kappa shape index (κ1) is 14.5. The number of hydrogen-bond acceptors (Lipinski definition) is 3. The maximum atomic E-state index is 13.6. The van der Waals surface area contributed by atoms with E-state index in [0.717, 1.165) is 0 Å². The smallest absolute Gasteiger partial charge is 0.331 e. The average Bonchev–Trinajstić information content (AvgIpc) is 2.30. The molecule has 0 amide bonds. The van der Waals surface area contributed by atoms with E-state index in [2.05, 4.69) is 5.32 Å². The van der Waals surface area contributed by atoms with E-state index in [9.17, 15) is 9.18 Å². The minimum absolute atomic E-state index is 0.286. The highest BCUT2D eigenvalue weighted by Gasteiger charge is 2.35. The normalized spacial score (nSPS) is 14.1. The molecule has 0 aliphatic heterocycles. The lowest BCUT2D eigenvalue weighted by Crippen LogP contribution is -2.45. The van der Waals surface area contributed by atoms with Crippen LogP contribution in [0.4, 0.5) is 10.1 Å². The Labute approximate surface area is 107 Å². The van der Waals surface area contributed by atoms with Crippen LogP contribution in [0.15, 0.2) is 24.3 Å². The average molecular weight is 253 g/mol. The summed E-state index contributed by atoms with van der Waals surface area (Å²) in [5, 5.41) is 2.96. The number of benzene rings is 1. The minimum Gasteiger partial charge on any atom is -0.467 e. The molecule has 0 aliphatic carbocycles. The number of hydrogen-bond donors (Lipinski definition) is 1. The summed E-state index contributed by atoms with van der Waals surface area (Å²) < 4.78 is 18.4. The van der Waals surface area contributed by atoms with Crippen molar-refractivity contribution in [2.45, 2.75) is 32.7 Å². The van der Waals surface area contributed by atoms with Crippen LogP contribution in [0.3, 0.4) is 0 Å². The van der Waals surface area contributed by atoms with Crippen molar-refractivity contribution in [3.63, 3.8) is 0 Å². The number of carbonyl (C=O) groups excluding carboxylic acids is 1. The van der Waals surface area contributed by atoms with Crippen LogP contribution in [-0.2, 0) is 9.53 Å². The SMILES string of the molecule is COC(=O)C(C)(CC(C)C)Nc1ccccc1F. The molecular weight excluding hydrogens is 233 g/mol. The number of methoxy groups -OCH3 is 1. The number of ether oxygens (including phenoxy) is 1. The number of halogens is 1. The number of rotatable bonds is 5. The van der Waals surface area contributed by atoms with E-state index in [4.69, 9.17) is 4.74 Å². The van der Waals surface area contributed by atoms with Gasteiger partial charge in [0.1, 0.15) is 11.4 Å². The monoisotopic (exact) mass is 253 g/mol. The molecule has 4 heteroatoms. The van der Waals surface area contributed by atoms with Gasteiger partial charge in [-0.2, -0.15) is 0 Å². The Bertz CT molecular complexity index is 420. The van der Waals surface area contributed by atoms with E-state index in [1.165, 1.54) is 13.2 Å². The maximum Gasteiger partial charge on any atom is 0.331 e. The van der Waals surface area contributed by atoms with E-state index < -0.39 is 5.54 Å². The zero-order valence-corrected chi connectivity index (χ0v) is 11.3. The topological polar surface area (TPSA) is 38.3 Å². The largest absolute Gasteiger partial charge is 0.467 e. The summed E-state index contributed by atoms with van der Waals surface area (Å²) >= 11 is 0. The van der Waals surface area contributed by atoms with Gasteiger partial charge in [-0.25, -0.2) is 9.18 Å². The molecule has 1 aromatic carbocycles. The van der Waals surface area contributed by atoms with Gasteiger partial charge in [0.2, 0.25) is 0 Å². The highest BCUT2D eigenvalue weighted by atomic mass is 19.1. The lowest BCUT2D eigenvalue weighted by Gasteiger charge is -2.30. The van der Waals surface area contributed by atoms with E-state index in [-0.39, 0.29) is 17.7 Å². The predicted octanol–water partition coefficient (Wildman–Crippen LogP) is 3.22. The van der Waals surface area contributed by atoms with Gasteiger partial charge in [-0.3, -0.25) is 0 Å². The number of para-hydroxylation sites is 1. The van der Waals surface area contributed by atoms with Crippen LogP contribution < -0.4 is 5.32 Å². The maximum absolute atomic E-state index is 13.6. The molecule has 18 heavy (non-hydrogen) atoms. The lowest BCUT2D eigenvalue weighted by molar-refractivity contribution is -0.146. The predicted molar refractivity (Wildman–Crippen MR) is 69.9 cm³/mol. The first-order valence-electron chi connectivity index (χ1n) is 6.00. The number of nitrogens with one attached hydrogen (secondary N) is 1. The number of esters is 1. The van der Waals surface area contributed by atoms with Crippen molar-refractivity contribution in [1.82, 2.24) is 0 Å². The van der Waals surface area contributed by atoms with Gasteiger partial charge in [-0.05, 0) is 31.4 Å². The fourth-order valence-corrected chi connectivity index (χ4v) is 2.09. The molecule has 1 unspecified atom stereocenters. The quantitative estimate of drug-likeness (QED) is 0.819. The molecule has 1 aromatic rings. The number of anilines is 1. The molecule has 1 atom stereocenters. The molecule has 1 N–H and O–H groups in total. The molecule has 3 nitrogen and oxygen atoms in total. The third kappa shape index (κ3) is 3.45.